The van der Waals surface area contributed by atoms with E-state index in [1.54, 1.807) is 0 Å². The van der Waals surface area contributed by atoms with Gasteiger partial charge in [-0.15, -0.1) is 0 Å². The Labute approximate surface area is 160 Å². The van der Waals surface area contributed by atoms with Crippen LogP contribution in [0.3, 0.4) is 0 Å². The van der Waals surface area contributed by atoms with Crippen molar-refractivity contribution in [2.24, 2.45) is 5.92 Å². The zero-order chi connectivity index (χ0) is 18.7. The molecule has 0 spiro atoms. The van der Waals surface area contributed by atoms with E-state index < -0.39 is 6.10 Å². The van der Waals surface area contributed by atoms with Gasteiger partial charge in [0, 0.05) is 16.9 Å². The Morgan fingerprint density at radius 3 is 2.31 bits per heavy atom. The number of hydrogen-bond acceptors (Lipinski definition) is 3. The van der Waals surface area contributed by atoms with Gasteiger partial charge in [0.2, 0.25) is 0 Å². The van der Waals surface area contributed by atoms with Crippen molar-refractivity contribution < 1.29 is 14.6 Å². The first kappa shape index (κ1) is 19.4. The average molecular weight is 375 g/mol. The highest BCUT2D eigenvalue weighted by atomic mass is 35.5. The van der Waals surface area contributed by atoms with Crippen LogP contribution in [0.2, 0.25) is 5.02 Å². The molecule has 3 rings (SSSR count). The second-order valence-electron chi connectivity index (χ2n) is 7.91. The van der Waals surface area contributed by atoms with E-state index in [0.717, 1.165) is 11.1 Å². The average Bonchev–Trinajstić information content (AvgIpc) is 2.60. The fourth-order valence-electron chi connectivity index (χ4n) is 3.67. The van der Waals surface area contributed by atoms with Gasteiger partial charge in [-0.25, -0.2) is 0 Å². The number of aliphatic hydroxyl groups is 1. The third kappa shape index (κ3) is 4.66. The number of halogens is 1. The topological polar surface area (TPSA) is 38.7 Å². The summed E-state index contributed by atoms with van der Waals surface area (Å²) in [6.07, 6.45) is -0.753. The van der Waals surface area contributed by atoms with Crippen molar-refractivity contribution in [1.82, 2.24) is 0 Å². The van der Waals surface area contributed by atoms with Gasteiger partial charge in [-0.1, -0.05) is 54.1 Å². The van der Waals surface area contributed by atoms with Gasteiger partial charge in [0.15, 0.2) is 0 Å². The van der Waals surface area contributed by atoms with E-state index in [1.807, 2.05) is 42.5 Å². The lowest BCUT2D eigenvalue weighted by molar-refractivity contribution is -0.142. The molecule has 1 fully saturated rings. The van der Waals surface area contributed by atoms with E-state index in [9.17, 15) is 5.11 Å². The van der Waals surface area contributed by atoms with E-state index in [0.29, 0.717) is 18.2 Å². The molecule has 0 amide bonds. The quantitative estimate of drug-likeness (QED) is 0.819. The first-order chi connectivity index (χ1) is 12.3. The second-order valence-corrected chi connectivity index (χ2v) is 8.34. The van der Waals surface area contributed by atoms with Crippen LogP contribution in [0.25, 0.3) is 0 Å². The smallest absolute Gasteiger partial charge is 0.0889 e. The minimum atomic E-state index is -0.579. The summed E-state index contributed by atoms with van der Waals surface area (Å²) >= 11 is 6.06. The molecule has 2 aromatic rings. The SMILES string of the molecule is CC(C)(C)OC(c1ccccc1)[C@H]1COC[C@@H](O)[C@@H]1c1ccc(Cl)cc1. The molecule has 2 aromatic carbocycles. The molecule has 3 nitrogen and oxygen atoms in total. The highest BCUT2D eigenvalue weighted by molar-refractivity contribution is 6.30. The van der Waals surface area contributed by atoms with Crippen LogP contribution in [0.1, 0.15) is 43.9 Å². The Balaban J connectivity index is 2.00. The lowest BCUT2D eigenvalue weighted by Gasteiger charge is -2.42. The molecule has 140 valence electrons. The molecule has 1 unspecified atom stereocenters. The summed E-state index contributed by atoms with van der Waals surface area (Å²) in [5.41, 5.74) is 1.85. The normalized spacial score (nSPS) is 25.0. The molecule has 4 heteroatoms. The van der Waals surface area contributed by atoms with Crippen molar-refractivity contribution in [3.05, 3.63) is 70.7 Å². The molecular formula is C22H27ClO3. The van der Waals surface area contributed by atoms with Gasteiger partial charge in [-0.05, 0) is 44.0 Å². The second kappa shape index (κ2) is 8.10. The van der Waals surface area contributed by atoms with E-state index in [2.05, 4.69) is 32.9 Å². The zero-order valence-electron chi connectivity index (χ0n) is 15.6. The Morgan fingerprint density at radius 1 is 1.04 bits per heavy atom. The maximum absolute atomic E-state index is 10.7. The van der Waals surface area contributed by atoms with E-state index in [1.165, 1.54) is 0 Å². The van der Waals surface area contributed by atoms with Crippen molar-refractivity contribution in [3.8, 4) is 0 Å². The van der Waals surface area contributed by atoms with Crippen LogP contribution in [0.5, 0.6) is 0 Å². The molecule has 0 bridgehead atoms. The maximum atomic E-state index is 10.7. The summed E-state index contributed by atoms with van der Waals surface area (Å²) in [4.78, 5) is 0. The Morgan fingerprint density at radius 2 is 1.69 bits per heavy atom. The van der Waals surface area contributed by atoms with Crippen LogP contribution in [0, 0.1) is 5.92 Å². The first-order valence-electron chi connectivity index (χ1n) is 9.09. The predicted octanol–water partition coefficient (Wildman–Crippen LogP) is 4.99. The molecule has 1 saturated heterocycles. The molecule has 26 heavy (non-hydrogen) atoms. The van der Waals surface area contributed by atoms with Gasteiger partial charge in [0.1, 0.15) is 0 Å². The molecule has 0 radical (unpaired) electrons. The molecule has 1 aliphatic heterocycles. The Kier molecular flexibility index (Phi) is 6.03. The van der Waals surface area contributed by atoms with Gasteiger partial charge in [-0.3, -0.25) is 0 Å². The largest absolute Gasteiger partial charge is 0.390 e. The standard InChI is InChI=1S/C22H27ClO3/c1-22(2,3)26-21(16-7-5-4-6-8-16)18-13-25-14-19(24)20(18)15-9-11-17(23)12-10-15/h4-12,18-21,24H,13-14H2,1-3H3/t18-,19+,20+,21?/m0/s1. The Bertz CT molecular complexity index is 694. The Hall–Kier alpha value is -1.39. The van der Waals surface area contributed by atoms with E-state index in [4.69, 9.17) is 21.1 Å². The molecule has 0 saturated carbocycles. The highest BCUT2D eigenvalue weighted by Crippen LogP contribution is 2.43. The molecule has 4 atom stereocenters. The number of benzene rings is 2. The molecular weight excluding hydrogens is 348 g/mol. The minimum absolute atomic E-state index is 0.00144. The number of ether oxygens (including phenoxy) is 2. The summed E-state index contributed by atoms with van der Waals surface area (Å²) in [5, 5.41) is 11.4. The van der Waals surface area contributed by atoms with Crippen molar-refractivity contribution >= 4 is 11.6 Å². The first-order valence-corrected chi connectivity index (χ1v) is 9.47. The fourth-order valence-corrected chi connectivity index (χ4v) is 3.80. The predicted molar refractivity (Wildman–Crippen MR) is 105 cm³/mol. The van der Waals surface area contributed by atoms with Crippen LogP contribution < -0.4 is 0 Å². The summed E-state index contributed by atoms with van der Waals surface area (Å²) < 4.78 is 12.2. The summed E-state index contributed by atoms with van der Waals surface area (Å²) in [7, 11) is 0. The number of rotatable bonds is 4. The van der Waals surface area contributed by atoms with Crippen LogP contribution >= 0.6 is 11.6 Å². The van der Waals surface area contributed by atoms with Gasteiger partial charge in [0.05, 0.1) is 31.0 Å². The van der Waals surface area contributed by atoms with Gasteiger partial charge >= 0.3 is 0 Å². The fraction of sp³-hybridized carbons (Fsp3) is 0.455. The van der Waals surface area contributed by atoms with Crippen molar-refractivity contribution in [3.63, 3.8) is 0 Å². The molecule has 1 aliphatic rings. The molecule has 0 aromatic heterocycles. The lowest BCUT2D eigenvalue weighted by atomic mass is 9.76. The highest BCUT2D eigenvalue weighted by Gasteiger charge is 2.41. The van der Waals surface area contributed by atoms with E-state index >= 15 is 0 Å². The van der Waals surface area contributed by atoms with Gasteiger partial charge in [-0.2, -0.15) is 0 Å². The van der Waals surface area contributed by atoms with Crippen LogP contribution in [0.15, 0.2) is 54.6 Å². The van der Waals surface area contributed by atoms with Gasteiger partial charge < -0.3 is 14.6 Å². The van der Waals surface area contributed by atoms with Crippen molar-refractivity contribution in [2.45, 2.75) is 44.5 Å². The minimum Gasteiger partial charge on any atom is -0.390 e. The summed E-state index contributed by atoms with van der Waals surface area (Å²) in [6.45, 7) is 7.04. The van der Waals surface area contributed by atoms with Crippen LogP contribution in [-0.4, -0.2) is 30.0 Å². The number of hydrogen-bond donors (Lipinski definition) is 1. The zero-order valence-corrected chi connectivity index (χ0v) is 16.3. The summed E-state index contributed by atoms with van der Waals surface area (Å²) in [5.74, 6) is -0.0740. The van der Waals surface area contributed by atoms with Crippen LogP contribution in [-0.2, 0) is 9.47 Å². The third-order valence-electron chi connectivity index (χ3n) is 4.73. The van der Waals surface area contributed by atoms with Crippen molar-refractivity contribution in [1.29, 1.82) is 0 Å². The monoisotopic (exact) mass is 374 g/mol. The maximum Gasteiger partial charge on any atom is 0.0889 e. The molecule has 0 aliphatic carbocycles. The van der Waals surface area contributed by atoms with Gasteiger partial charge in [0.25, 0.3) is 0 Å². The summed E-state index contributed by atoms with van der Waals surface area (Å²) in [6, 6.07) is 17.9. The van der Waals surface area contributed by atoms with Crippen LogP contribution in [0.4, 0.5) is 0 Å². The molecule has 1 heterocycles. The lowest BCUT2D eigenvalue weighted by Crippen LogP contribution is -2.42. The number of aliphatic hydroxyl groups excluding tert-OH is 1. The third-order valence-corrected chi connectivity index (χ3v) is 4.98. The van der Waals surface area contributed by atoms with Crippen molar-refractivity contribution in [2.75, 3.05) is 13.2 Å². The molecule has 1 N–H and O–H groups in total. The van der Waals surface area contributed by atoms with E-state index in [-0.39, 0.29) is 23.5 Å².